The molecule has 0 amide bonds. The Balaban J connectivity index is 1.39. The molecule has 9 atom stereocenters. The van der Waals surface area contributed by atoms with E-state index in [0.29, 0.717) is 11.3 Å². The SMILES string of the molecule is CC(C)CCC[C@@H](C)[C@@H]1CC[C@@H]2[C@H]3CC4(OCCO4)[C@H]4C[C@@H](O)CC[C@]4(C)[C@@H]3CC[C@@]21C. The molecular formula is C29H50O3. The van der Waals surface area contributed by atoms with Crippen molar-refractivity contribution in [1.29, 1.82) is 0 Å². The molecule has 5 fully saturated rings. The molecule has 3 nitrogen and oxygen atoms in total. The van der Waals surface area contributed by atoms with Crippen LogP contribution in [0, 0.1) is 52.3 Å². The van der Waals surface area contributed by atoms with E-state index in [4.69, 9.17) is 9.47 Å². The highest BCUT2D eigenvalue weighted by molar-refractivity contribution is 5.14. The van der Waals surface area contributed by atoms with Crippen LogP contribution in [0.4, 0.5) is 0 Å². The van der Waals surface area contributed by atoms with Gasteiger partial charge in [0.05, 0.1) is 19.3 Å². The fourth-order valence-corrected chi connectivity index (χ4v) is 10.1. The lowest BCUT2D eigenvalue weighted by Crippen LogP contribution is -2.63. The van der Waals surface area contributed by atoms with Gasteiger partial charge in [0.1, 0.15) is 0 Å². The first kappa shape index (κ1) is 23.6. The van der Waals surface area contributed by atoms with E-state index in [0.717, 1.165) is 74.4 Å². The van der Waals surface area contributed by atoms with E-state index in [-0.39, 0.29) is 11.5 Å². The molecule has 0 unspecified atom stereocenters. The Morgan fingerprint density at radius 3 is 2.28 bits per heavy atom. The Morgan fingerprint density at radius 1 is 0.875 bits per heavy atom. The maximum atomic E-state index is 10.6. The minimum atomic E-state index is -0.420. The Morgan fingerprint density at radius 2 is 1.56 bits per heavy atom. The number of aliphatic hydroxyl groups is 1. The fourth-order valence-electron chi connectivity index (χ4n) is 10.1. The fraction of sp³-hybridized carbons (Fsp3) is 1.00. The molecule has 4 saturated carbocycles. The third kappa shape index (κ3) is 3.63. The lowest BCUT2D eigenvalue weighted by Gasteiger charge is -2.65. The van der Waals surface area contributed by atoms with Gasteiger partial charge >= 0.3 is 0 Å². The van der Waals surface area contributed by atoms with Gasteiger partial charge in [-0.25, -0.2) is 0 Å². The number of fused-ring (bicyclic) bond motifs is 6. The molecule has 1 saturated heterocycles. The molecule has 1 N–H and O–H groups in total. The van der Waals surface area contributed by atoms with Gasteiger partial charge < -0.3 is 14.6 Å². The number of ether oxygens (including phenoxy) is 2. The zero-order valence-electron chi connectivity index (χ0n) is 21.6. The zero-order valence-corrected chi connectivity index (χ0v) is 21.6. The first-order chi connectivity index (χ1) is 15.2. The quantitative estimate of drug-likeness (QED) is 0.503. The van der Waals surface area contributed by atoms with Crippen LogP contribution < -0.4 is 0 Å². The molecular weight excluding hydrogens is 396 g/mol. The summed E-state index contributed by atoms with van der Waals surface area (Å²) in [5.41, 5.74) is 0.754. The van der Waals surface area contributed by atoms with Crippen molar-refractivity contribution in [1.82, 2.24) is 0 Å². The van der Waals surface area contributed by atoms with Crippen LogP contribution in [0.1, 0.15) is 105 Å². The summed E-state index contributed by atoms with van der Waals surface area (Å²) in [7, 11) is 0. The van der Waals surface area contributed by atoms with E-state index >= 15 is 0 Å². The molecule has 0 aromatic carbocycles. The first-order valence-corrected chi connectivity index (χ1v) is 14.2. The predicted molar refractivity (Wildman–Crippen MR) is 129 cm³/mol. The molecule has 1 aliphatic heterocycles. The second-order valence-electron chi connectivity index (χ2n) is 13.6. The normalized spacial score (nSPS) is 48.5. The summed E-state index contributed by atoms with van der Waals surface area (Å²) in [5.74, 6) is 4.86. The summed E-state index contributed by atoms with van der Waals surface area (Å²) >= 11 is 0. The zero-order chi connectivity index (χ0) is 22.7. The molecule has 3 heteroatoms. The van der Waals surface area contributed by atoms with E-state index in [1.54, 1.807) is 0 Å². The molecule has 0 bridgehead atoms. The molecule has 0 aromatic heterocycles. The highest BCUT2D eigenvalue weighted by atomic mass is 16.7. The van der Waals surface area contributed by atoms with Gasteiger partial charge in [-0.2, -0.15) is 0 Å². The van der Waals surface area contributed by atoms with Crippen molar-refractivity contribution in [3.63, 3.8) is 0 Å². The molecule has 184 valence electrons. The molecule has 32 heavy (non-hydrogen) atoms. The Hall–Kier alpha value is -0.120. The summed E-state index contributed by atoms with van der Waals surface area (Å²) in [5, 5.41) is 10.6. The van der Waals surface area contributed by atoms with E-state index in [2.05, 4.69) is 34.6 Å². The average molecular weight is 447 g/mol. The van der Waals surface area contributed by atoms with Crippen LogP contribution in [0.2, 0.25) is 0 Å². The van der Waals surface area contributed by atoms with Gasteiger partial charge in [0.25, 0.3) is 0 Å². The van der Waals surface area contributed by atoms with Crippen LogP contribution in [0.3, 0.4) is 0 Å². The maximum Gasteiger partial charge on any atom is 0.172 e. The van der Waals surface area contributed by atoms with Crippen molar-refractivity contribution in [2.24, 2.45) is 52.3 Å². The van der Waals surface area contributed by atoms with Gasteiger partial charge in [0.15, 0.2) is 5.79 Å². The average Bonchev–Trinajstić information content (AvgIpc) is 3.34. The third-order valence-corrected chi connectivity index (χ3v) is 11.6. The monoisotopic (exact) mass is 446 g/mol. The van der Waals surface area contributed by atoms with Gasteiger partial charge in [-0.05, 0) is 91.3 Å². The lowest BCUT2D eigenvalue weighted by atomic mass is 9.43. The second kappa shape index (κ2) is 8.52. The van der Waals surface area contributed by atoms with E-state index in [1.807, 2.05) is 0 Å². The van der Waals surface area contributed by atoms with Gasteiger partial charge in [0, 0.05) is 12.3 Å². The summed E-state index contributed by atoms with van der Waals surface area (Å²) in [6, 6.07) is 0. The van der Waals surface area contributed by atoms with Crippen LogP contribution in [-0.4, -0.2) is 30.2 Å². The van der Waals surface area contributed by atoms with Crippen molar-refractivity contribution in [3.8, 4) is 0 Å². The molecule has 0 radical (unpaired) electrons. The Labute approximate surface area is 197 Å². The molecule has 0 aromatic rings. The summed E-state index contributed by atoms with van der Waals surface area (Å²) in [6.07, 6.45) is 13.7. The molecule has 1 spiro atoms. The van der Waals surface area contributed by atoms with Crippen LogP contribution in [0.5, 0.6) is 0 Å². The van der Waals surface area contributed by atoms with Crippen molar-refractivity contribution in [2.75, 3.05) is 13.2 Å². The predicted octanol–water partition coefficient (Wildman–Crippen LogP) is 6.82. The Kier molecular flexibility index (Phi) is 6.29. The van der Waals surface area contributed by atoms with Gasteiger partial charge in [-0.3, -0.25) is 0 Å². The number of aliphatic hydroxyl groups excluding tert-OH is 1. The minimum Gasteiger partial charge on any atom is -0.393 e. The van der Waals surface area contributed by atoms with Gasteiger partial charge in [-0.1, -0.05) is 53.9 Å². The molecule has 5 rings (SSSR count). The summed E-state index contributed by atoms with van der Waals surface area (Å²) in [4.78, 5) is 0. The smallest absolute Gasteiger partial charge is 0.172 e. The van der Waals surface area contributed by atoms with E-state index in [1.165, 1.54) is 44.9 Å². The van der Waals surface area contributed by atoms with Crippen molar-refractivity contribution >= 4 is 0 Å². The summed E-state index contributed by atoms with van der Waals surface area (Å²) in [6.45, 7) is 14.0. The standard InChI is InChI=1S/C29H50O3/c1-19(2)7-6-8-20(3)23-9-10-24-22-18-29(31-15-16-32-29)26-17-21(30)11-13-28(26,5)25(22)12-14-27(23,24)4/h19-26,30H,6-18H2,1-5H3/t20-,21+,22-,23+,24-,25-,26+,27-,28-/m1/s1. The van der Waals surface area contributed by atoms with Crippen molar-refractivity contribution < 1.29 is 14.6 Å². The minimum absolute atomic E-state index is 0.175. The summed E-state index contributed by atoms with van der Waals surface area (Å²) < 4.78 is 13.0. The molecule has 4 aliphatic carbocycles. The maximum absolute atomic E-state index is 10.6. The lowest BCUT2D eigenvalue weighted by molar-refractivity contribution is -0.298. The van der Waals surface area contributed by atoms with Crippen LogP contribution >= 0.6 is 0 Å². The topological polar surface area (TPSA) is 38.7 Å². The van der Waals surface area contributed by atoms with Gasteiger partial charge in [-0.15, -0.1) is 0 Å². The van der Waals surface area contributed by atoms with E-state index in [9.17, 15) is 5.11 Å². The Bertz CT molecular complexity index is 669. The third-order valence-electron chi connectivity index (χ3n) is 11.6. The first-order valence-electron chi connectivity index (χ1n) is 14.2. The number of hydrogen-bond acceptors (Lipinski definition) is 3. The van der Waals surface area contributed by atoms with E-state index < -0.39 is 5.79 Å². The van der Waals surface area contributed by atoms with Crippen LogP contribution in [0.25, 0.3) is 0 Å². The molecule has 5 aliphatic rings. The van der Waals surface area contributed by atoms with Crippen LogP contribution in [-0.2, 0) is 9.47 Å². The van der Waals surface area contributed by atoms with Crippen molar-refractivity contribution in [3.05, 3.63) is 0 Å². The van der Waals surface area contributed by atoms with Crippen LogP contribution in [0.15, 0.2) is 0 Å². The highest BCUT2D eigenvalue weighted by Gasteiger charge is 2.67. The molecule has 1 heterocycles. The number of hydrogen-bond donors (Lipinski definition) is 1. The number of rotatable bonds is 5. The van der Waals surface area contributed by atoms with Gasteiger partial charge in [0.2, 0.25) is 0 Å². The largest absolute Gasteiger partial charge is 0.393 e. The highest BCUT2D eigenvalue weighted by Crippen LogP contribution is 2.70. The second-order valence-corrected chi connectivity index (χ2v) is 13.6. The van der Waals surface area contributed by atoms with Crippen molar-refractivity contribution in [2.45, 2.75) is 117 Å².